The van der Waals surface area contributed by atoms with Gasteiger partial charge in [-0.25, -0.2) is 0 Å². The lowest BCUT2D eigenvalue weighted by molar-refractivity contribution is -0.122. The number of hydrogen-bond donors (Lipinski definition) is 0. The molecule has 0 amide bonds. The van der Waals surface area contributed by atoms with Crippen LogP contribution in [0.15, 0.2) is 0 Å². The quantitative estimate of drug-likeness (QED) is 0.574. The van der Waals surface area contributed by atoms with Crippen LogP contribution in [0.3, 0.4) is 0 Å². The van der Waals surface area contributed by atoms with Crippen molar-refractivity contribution >= 4 is 19.8 Å². The van der Waals surface area contributed by atoms with Gasteiger partial charge in [0.15, 0.2) is 0 Å². The predicted molar refractivity (Wildman–Crippen MR) is 68.4 cm³/mol. The van der Waals surface area contributed by atoms with Gasteiger partial charge in [0.25, 0.3) is 0 Å². The van der Waals surface area contributed by atoms with Crippen molar-refractivity contribution in [2.24, 2.45) is 11.8 Å². The van der Waals surface area contributed by atoms with Crippen LogP contribution in [0.4, 0.5) is 0 Å². The van der Waals surface area contributed by atoms with Crippen molar-refractivity contribution in [1.29, 1.82) is 0 Å². The second-order valence-corrected chi connectivity index (χ2v) is 5.60. The van der Waals surface area contributed by atoms with Crippen LogP contribution in [0.2, 0.25) is 0 Å². The van der Waals surface area contributed by atoms with Crippen LogP contribution in [-0.4, -0.2) is 24.8 Å². The summed E-state index contributed by atoms with van der Waals surface area (Å²) in [5.41, 5.74) is 0. The van der Waals surface area contributed by atoms with Gasteiger partial charge in [-0.15, -0.1) is 9.05 Å². The van der Waals surface area contributed by atoms with Crippen molar-refractivity contribution in [1.82, 2.24) is 0 Å². The molecule has 6 heteroatoms. The van der Waals surface area contributed by atoms with Crippen molar-refractivity contribution in [2.75, 3.05) is 13.2 Å². The first-order chi connectivity index (χ1) is 8.34. The van der Waals surface area contributed by atoms with E-state index in [1.54, 1.807) is 27.7 Å². The normalized spacial score (nSPS) is 11.0. The van der Waals surface area contributed by atoms with Gasteiger partial charge in [-0.2, -0.15) is 0 Å². The van der Waals surface area contributed by atoms with E-state index in [9.17, 15) is 14.2 Å². The van der Waals surface area contributed by atoms with Crippen molar-refractivity contribution in [3.8, 4) is 0 Å². The lowest BCUT2D eigenvalue weighted by Crippen LogP contribution is -2.10. The smallest absolute Gasteiger partial charge is 0.299 e. The molecule has 0 aromatic carbocycles. The van der Waals surface area contributed by atoms with Crippen molar-refractivity contribution in [3.63, 3.8) is 0 Å². The van der Waals surface area contributed by atoms with Gasteiger partial charge >= 0.3 is 8.25 Å². The molecule has 5 nitrogen and oxygen atoms in total. The highest BCUT2D eigenvalue weighted by Gasteiger charge is 2.22. The first-order valence-electron chi connectivity index (χ1n) is 6.13. The summed E-state index contributed by atoms with van der Waals surface area (Å²) in [5.74, 6) is 0.0360. The van der Waals surface area contributed by atoms with Gasteiger partial charge < -0.3 is 0 Å². The molecule has 0 bridgehead atoms. The first-order valence-corrected chi connectivity index (χ1v) is 7.22. The molecule has 0 fully saturated rings. The van der Waals surface area contributed by atoms with Gasteiger partial charge in [0.05, 0.1) is 0 Å². The molecule has 0 aromatic rings. The number of carbonyl (C=O) groups is 2. The van der Waals surface area contributed by atoms with E-state index in [1.165, 1.54) is 0 Å². The number of rotatable bonds is 10. The van der Waals surface area contributed by atoms with E-state index in [-0.39, 0.29) is 49.5 Å². The number of ketones is 2. The van der Waals surface area contributed by atoms with Crippen LogP contribution in [0, 0.1) is 11.8 Å². The fourth-order valence-corrected chi connectivity index (χ4v) is 1.61. The molecule has 0 aliphatic rings. The van der Waals surface area contributed by atoms with Gasteiger partial charge in [-0.1, -0.05) is 27.7 Å². The van der Waals surface area contributed by atoms with Crippen molar-refractivity contribution in [3.05, 3.63) is 0 Å². The summed E-state index contributed by atoms with van der Waals surface area (Å²) in [6.45, 7) is 7.38. The molecule has 0 atom stereocenters. The summed E-state index contributed by atoms with van der Waals surface area (Å²) >= 11 is 0. The molecule has 0 spiro atoms. The Morgan fingerprint density at radius 2 is 1.22 bits per heavy atom. The molecule has 0 saturated carbocycles. The topological polar surface area (TPSA) is 69.7 Å². The van der Waals surface area contributed by atoms with Crippen LogP contribution in [0.5, 0.6) is 0 Å². The third-order valence-corrected chi connectivity index (χ3v) is 3.17. The summed E-state index contributed by atoms with van der Waals surface area (Å²) < 4.78 is 20.9. The average molecular weight is 277 g/mol. The number of carbonyl (C=O) groups excluding carboxylic acids is 2. The Labute approximate surface area is 109 Å². The average Bonchev–Trinajstić information content (AvgIpc) is 2.28. The van der Waals surface area contributed by atoms with Crippen molar-refractivity contribution < 1.29 is 23.2 Å². The van der Waals surface area contributed by atoms with Crippen LogP contribution >= 0.6 is 8.25 Å². The molecule has 0 saturated heterocycles. The predicted octanol–water partition coefficient (Wildman–Crippen LogP) is 2.91. The Morgan fingerprint density at radius 1 is 0.889 bits per heavy atom. The fraction of sp³-hybridized carbons (Fsp3) is 0.833. The highest BCUT2D eigenvalue weighted by molar-refractivity contribution is 7.33. The summed E-state index contributed by atoms with van der Waals surface area (Å²) in [5, 5.41) is 0. The number of Topliss-reactive ketones (excluding diaryl/α,β-unsaturated/α-hetero) is 2. The van der Waals surface area contributed by atoms with Crippen LogP contribution < -0.4 is 0 Å². The van der Waals surface area contributed by atoms with Gasteiger partial charge in [0.2, 0.25) is 0 Å². The molecule has 104 valence electrons. The molecule has 18 heavy (non-hydrogen) atoms. The Morgan fingerprint density at radius 3 is 1.50 bits per heavy atom. The second kappa shape index (κ2) is 9.31. The lowest BCUT2D eigenvalue weighted by Gasteiger charge is -2.00. The standard InChI is InChI=1S/C12H22O5P/c1-9(2)11(13)5-7-16-18(15)17-8-6-12(14)10(3)4/h9-10H,5-8H2,1-4H3/q+1. The molecule has 0 radical (unpaired) electrons. The minimum absolute atomic E-state index is 0.0453. The van der Waals surface area contributed by atoms with Gasteiger partial charge in [0, 0.05) is 29.2 Å². The third kappa shape index (κ3) is 8.45. The Hall–Kier alpha value is -0.640. The van der Waals surface area contributed by atoms with Gasteiger partial charge in [-0.3, -0.25) is 9.59 Å². The zero-order valence-corrected chi connectivity index (χ0v) is 12.4. The summed E-state index contributed by atoms with van der Waals surface area (Å²) in [6.07, 6.45) is 0.458. The highest BCUT2D eigenvalue weighted by atomic mass is 31.1. The minimum Gasteiger partial charge on any atom is -0.299 e. The molecular weight excluding hydrogens is 255 g/mol. The van der Waals surface area contributed by atoms with Crippen LogP contribution in [-0.2, 0) is 23.2 Å². The SMILES string of the molecule is CC(C)C(=O)CCO[P+](=O)OCCC(=O)C(C)C. The Balaban J connectivity index is 3.61. The zero-order chi connectivity index (χ0) is 14.1. The monoisotopic (exact) mass is 277 g/mol. The molecule has 0 aliphatic heterocycles. The summed E-state index contributed by atoms with van der Waals surface area (Å²) in [4.78, 5) is 22.5. The van der Waals surface area contributed by atoms with E-state index in [0.29, 0.717) is 0 Å². The maximum Gasteiger partial charge on any atom is 0.697 e. The Kier molecular flexibility index (Phi) is 8.98. The van der Waals surface area contributed by atoms with Gasteiger partial charge in [-0.05, 0) is 0 Å². The summed E-state index contributed by atoms with van der Waals surface area (Å²) in [7, 11) is -2.23. The molecule has 0 N–H and O–H groups in total. The van der Waals surface area contributed by atoms with Crippen molar-refractivity contribution in [2.45, 2.75) is 40.5 Å². The molecule has 0 aliphatic carbocycles. The summed E-state index contributed by atoms with van der Waals surface area (Å²) in [6, 6.07) is 0. The molecule has 0 unspecified atom stereocenters. The zero-order valence-electron chi connectivity index (χ0n) is 11.5. The van der Waals surface area contributed by atoms with E-state index in [0.717, 1.165) is 0 Å². The van der Waals surface area contributed by atoms with E-state index < -0.39 is 8.25 Å². The van der Waals surface area contributed by atoms with Gasteiger partial charge in [0.1, 0.15) is 24.8 Å². The highest BCUT2D eigenvalue weighted by Crippen LogP contribution is 2.24. The Bertz CT molecular complexity index is 271. The van der Waals surface area contributed by atoms with E-state index in [2.05, 4.69) is 0 Å². The molecule has 0 aromatic heterocycles. The lowest BCUT2D eigenvalue weighted by atomic mass is 10.1. The van der Waals surface area contributed by atoms with E-state index in [1.807, 2.05) is 0 Å². The second-order valence-electron chi connectivity index (χ2n) is 4.63. The molecular formula is C12H22O5P+. The van der Waals surface area contributed by atoms with Crippen LogP contribution in [0.1, 0.15) is 40.5 Å². The maximum atomic E-state index is 11.2. The first kappa shape index (κ1) is 17.4. The largest absolute Gasteiger partial charge is 0.697 e. The number of hydrogen-bond acceptors (Lipinski definition) is 5. The fourth-order valence-electron chi connectivity index (χ4n) is 1.06. The maximum absolute atomic E-state index is 11.2. The molecule has 0 rings (SSSR count). The third-order valence-electron chi connectivity index (χ3n) is 2.38. The van der Waals surface area contributed by atoms with E-state index >= 15 is 0 Å². The minimum atomic E-state index is -2.23. The van der Waals surface area contributed by atoms with E-state index in [4.69, 9.17) is 9.05 Å². The molecule has 0 heterocycles. The van der Waals surface area contributed by atoms with Crippen LogP contribution in [0.25, 0.3) is 0 Å².